The summed E-state index contributed by atoms with van der Waals surface area (Å²) in [5.74, 6) is -0.151. The van der Waals surface area contributed by atoms with Crippen LogP contribution in [-0.2, 0) is 19.5 Å². The molecule has 4 aromatic rings. The van der Waals surface area contributed by atoms with Gasteiger partial charge in [-0.25, -0.2) is 0 Å². The molecule has 0 aliphatic heterocycles. The van der Waals surface area contributed by atoms with Gasteiger partial charge in [-0.1, -0.05) is 23.4 Å². The highest BCUT2D eigenvalue weighted by atomic mass is 16.2. The van der Waals surface area contributed by atoms with Crippen molar-refractivity contribution in [1.29, 1.82) is 0 Å². The Balaban J connectivity index is 1.56. The van der Waals surface area contributed by atoms with Gasteiger partial charge in [-0.3, -0.25) is 14.3 Å². The van der Waals surface area contributed by atoms with Gasteiger partial charge in [-0.05, 0) is 43.5 Å². The molecule has 0 fully saturated rings. The van der Waals surface area contributed by atoms with Crippen molar-refractivity contribution in [3.63, 3.8) is 0 Å². The number of nitrogens with zero attached hydrogens (tertiary/aromatic N) is 4. The Morgan fingerprint density at radius 3 is 2.86 bits per heavy atom. The summed E-state index contributed by atoms with van der Waals surface area (Å²) in [6, 6.07) is 9.84. The zero-order chi connectivity index (χ0) is 20.4. The van der Waals surface area contributed by atoms with Crippen LogP contribution in [0.3, 0.4) is 0 Å². The number of hydrogen-bond acceptors (Lipinski definition) is 4. The lowest BCUT2D eigenvalue weighted by Crippen LogP contribution is -2.30. The average Bonchev–Trinajstić information content (AvgIpc) is 3.34. The highest BCUT2D eigenvalue weighted by molar-refractivity contribution is 6.04. The van der Waals surface area contributed by atoms with Gasteiger partial charge in [0.05, 0.1) is 6.20 Å². The van der Waals surface area contributed by atoms with Gasteiger partial charge in [0, 0.05) is 36.4 Å². The molecule has 0 spiro atoms. The van der Waals surface area contributed by atoms with Crippen LogP contribution >= 0.6 is 0 Å². The third kappa shape index (κ3) is 3.69. The molecule has 8 nitrogen and oxygen atoms in total. The summed E-state index contributed by atoms with van der Waals surface area (Å²) in [5.41, 5.74) is 2.63. The number of aromatic nitrogens is 5. The topological polar surface area (TPSA) is 97.6 Å². The van der Waals surface area contributed by atoms with E-state index in [-0.39, 0.29) is 11.1 Å². The smallest absolute Gasteiger partial charge is 0.263 e. The third-order valence-corrected chi connectivity index (χ3v) is 5.00. The van der Waals surface area contributed by atoms with E-state index in [4.69, 9.17) is 0 Å². The minimum absolute atomic E-state index is 0.123. The largest absolute Gasteiger partial charge is 0.361 e. The number of anilines is 1. The van der Waals surface area contributed by atoms with E-state index in [0.717, 1.165) is 16.5 Å². The van der Waals surface area contributed by atoms with E-state index in [0.29, 0.717) is 30.9 Å². The van der Waals surface area contributed by atoms with Crippen LogP contribution in [0, 0.1) is 6.92 Å². The number of amides is 1. The van der Waals surface area contributed by atoms with E-state index in [9.17, 15) is 9.59 Å². The van der Waals surface area contributed by atoms with E-state index in [1.807, 2.05) is 31.3 Å². The normalized spacial score (nSPS) is 11.1. The quantitative estimate of drug-likeness (QED) is 0.529. The number of hydrogen-bond donors (Lipinski definition) is 2. The first kappa shape index (κ1) is 18.7. The first-order valence-corrected chi connectivity index (χ1v) is 9.53. The van der Waals surface area contributed by atoms with Crippen molar-refractivity contribution in [2.45, 2.75) is 33.4 Å². The van der Waals surface area contributed by atoms with Crippen molar-refractivity contribution in [2.75, 3.05) is 5.32 Å². The molecule has 0 saturated heterocycles. The number of aryl methyl sites for hydroxylation is 4. The summed E-state index contributed by atoms with van der Waals surface area (Å²) in [7, 11) is 0. The van der Waals surface area contributed by atoms with E-state index >= 15 is 0 Å². The van der Waals surface area contributed by atoms with Gasteiger partial charge in [0.1, 0.15) is 5.56 Å². The van der Waals surface area contributed by atoms with E-state index in [1.165, 1.54) is 0 Å². The fourth-order valence-corrected chi connectivity index (χ4v) is 3.39. The number of para-hydroxylation sites is 1. The second kappa shape index (κ2) is 7.75. The minimum Gasteiger partial charge on any atom is -0.361 e. The lowest BCUT2D eigenvalue weighted by Gasteiger charge is -2.10. The molecule has 0 aliphatic rings. The van der Waals surface area contributed by atoms with Crippen molar-refractivity contribution < 1.29 is 4.79 Å². The summed E-state index contributed by atoms with van der Waals surface area (Å²) in [6.07, 6.45) is 6.01. The molecule has 1 amide bonds. The molecule has 8 heteroatoms. The molecule has 2 N–H and O–H groups in total. The molecular formula is C21H22N6O2. The SMILES string of the molecule is CCn1cc(NC(=O)c2c(C)ccn(CCc3c[nH]c4ccccc34)c2=O)nn1. The van der Waals surface area contributed by atoms with Gasteiger partial charge in [0.25, 0.3) is 11.5 Å². The zero-order valence-corrected chi connectivity index (χ0v) is 16.3. The Bertz CT molecular complexity index is 1230. The van der Waals surface area contributed by atoms with E-state index in [1.54, 1.807) is 34.6 Å². The van der Waals surface area contributed by atoms with Gasteiger partial charge in [-0.2, -0.15) is 0 Å². The first-order valence-electron chi connectivity index (χ1n) is 9.53. The van der Waals surface area contributed by atoms with Gasteiger partial charge in [0.2, 0.25) is 0 Å². The number of nitrogens with one attached hydrogen (secondary N) is 2. The average molecular weight is 390 g/mol. The van der Waals surface area contributed by atoms with Gasteiger partial charge in [-0.15, -0.1) is 5.10 Å². The number of aromatic amines is 1. The number of rotatable bonds is 6. The molecule has 0 radical (unpaired) electrons. The van der Waals surface area contributed by atoms with Gasteiger partial charge < -0.3 is 14.9 Å². The van der Waals surface area contributed by atoms with Crippen molar-refractivity contribution in [1.82, 2.24) is 24.5 Å². The van der Waals surface area contributed by atoms with Crippen LogP contribution in [0.1, 0.15) is 28.4 Å². The standard InChI is InChI=1S/C21H22N6O2/c1-3-27-13-18(24-25-27)23-20(28)19-14(2)8-10-26(21(19)29)11-9-15-12-22-17-7-5-4-6-16(15)17/h4-8,10,12-13,22H,3,9,11H2,1-2H3,(H,23,28). The third-order valence-electron chi connectivity index (χ3n) is 5.00. The second-order valence-corrected chi connectivity index (χ2v) is 6.90. The highest BCUT2D eigenvalue weighted by Gasteiger charge is 2.17. The molecule has 0 atom stereocenters. The van der Waals surface area contributed by atoms with Crippen LogP contribution in [-0.4, -0.2) is 30.5 Å². The molecule has 1 aromatic carbocycles. The second-order valence-electron chi connectivity index (χ2n) is 6.90. The van der Waals surface area contributed by atoms with Crippen molar-refractivity contribution in [3.8, 4) is 0 Å². The number of benzene rings is 1. The maximum absolute atomic E-state index is 13.0. The zero-order valence-electron chi connectivity index (χ0n) is 16.3. The fraction of sp³-hybridized carbons (Fsp3) is 0.238. The van der Waals surface area contributed by atoms with E-state index in [2.05, 4.69) is 26.7 Å². The lowest BCUT2D eigenvalue weighted by atomic mass is 10.1. The number of H-pyrrole nitrogens is 1. The first-order chi connectivity index (χ1) is 14.1. The molecule has 4 rings (SSSR count). The summed E-state index contributed by atoms with van der Waals surface area (Å²) < 4.78 is 3.18. The Morgan fingerprint density at radius 2 is 2.07 bits per heavy atom. The van der Waals surface area contributed by atoms with Crippen LogP contribution in [0.5, 0.6) is 0 Å². The molecule has 0 bridgehead atoms. The molecule has 3 heterocycles. The van der Waals surface area contributed by atoms with Crippen LogP contribution in [0.4, 0.5) is 5.82 Å². The van der Waals surface area contributed by atoms with Crippen LogP contribution < -0.4 is 10.9 Å². The molecular weight excluding hydrogens is 368 g/mol. The summed E-state index contributed by atoms with van der Waals surface area (Å²) in [4.78, 5) is 28.9. The van der Waals surface area contributed by atoms with Crippen LogP contribution in [0.25, 0.3) is 10.9 Å². The minimum atomic E-state index is -0.475. The number of carbonyl (C=O) groups excluding carboxylic acids is 1. The molecule has 148 valence electrons. The molecule has 0 aliphatic carbocycles. The maximum atomic E-state index is 13.0. The Morgan fingerprint density at radius 1 is 1.24 bits per heavy atom. The van der Waals surface area contributed by atoms with E-state index < -0.39 is 5.91 Å². The summed E-state index contributed by atoms with van der Waals surface area (Å²) >= 11 is 0. The summed E-state index contributed by atoms with van der Waals surface area (Å²) in [5, 5.41) is 11.6. The number of fused-ring (bicyclic) bond motifs is 1. The monoisotopic (exact) mass is 390 g/mol. The van der Waals surface area contributed by atoms with Crippen molar-refractivity contribution in [2.24, 2.45) is 0 Å². The maximum Gasteiger partial charge on any atom is 0.263 e. The molecule has 0 unspecified atom stereocenters. The van der Waals surface area contributed by atoms with Crippen LogP contribution in [0.2, 0.25) is 0 Å². The Kier molecular flexibility index (Phi) is 4.99. The van der Waals surface area contributed by atoms with Gasteiger partial charge >= 0.3 is 0 Å². The summed E-state index contributed by atoms with van der Waals surface area (Å²) in [6.45, 7) is 4.80. The molecule has 29 heavy (non-hydrogen) atoms. The number of carbonyl (C=O) groups is 1. The Hall–Kier alpha value is -3.68. The van der Waals surface area contributed by atoms with Gasteiger partial charge in [0.15, 0.2) is 5.82 Å². The van der Waals surface area contributed by atoms with Crippen molar-refractivity contribution in [3.05, 3.63) is 76.0 Å². The lowest BCUT2D eigenvalue weighted by molar-refractivity contribution is 0.102. The fourth-order valence-electron chi connectivity index (χ4n) is 3.39. The highest BCUT2D eigenvalue weighted by Crippen LogP contribution is 2.18. The van der Waals surface area contributed by atoms with Crippen LogP contribution in [0.15, 0.2) is 53.7 Å². The molecule has 3 aromatic heterocycles. The predicted octanol–water partition coefficient (Wildman–Crippen LogP) is 2.74. The number of pyridine rings is 1. The molecule has 0 saturated carbocycles. The Labute approximate surface area is 167 Å². The predicted molar refractivity (Wildman–Crippen MR) is 111 cm³/mol. The van der Waals surface area contributed by atoms with Crippen molar-refractivity contribution >= 4 is 22.6 Å².